The van der Waals surface area contributed by atoms with E-state index in [9.17, 15) is 15.0 Å². The highest BCUT2D eigenvalue weighted by Crippen LogP contribution is 2.15. The third kappa shape index (κ3) is 3.33. The van der Waals surface area contributed by atoms with E-state index in [2.05, 4.69) is 17.9 Å². The van der Waals surface area contributed by atoms with Crippen molar-refractivity contribution in [1.82, 2.24) is 5.32 Å². The molecule has 0 aliphatic carbocycles. The molecule has 1 amide bonds. The first-order chi connectivity index (χ1) is 7.60. The number of carbonyl (C=O) groups excluding carboxylic acids is 1. The Balaban J connectivity index is 2.48. The molecule has 0 bridgehead atoms. The number of carbonyl (C=O) groups is 1. The van der Waals surface area contributed by atoms with Crippen molar-refractivity contribution in [3.05, 3.63) is 0 Å². The van der Waals surface area contributed by atoms with E-state index in [0.29, 0.717) is 5.75 Å². The lowest BCUT2D eigenvalue weighted by Crippen LogP contribution is -2.60. The second-order valence-corrected chi connectivity index (χ2v) is 4.13. The Morgan fingerprint density at radius 3 is 2.69 bits per heavy atom. The van der Waals surface area contributed by atoms with Gasteiger partial charge >= 0.3 is 0 Å². The van der Waals surface area contributed by atoms with Crippen LogP contribution in [0.25, 0.3) is 0 Å². The summed E-state index contributed by atoms with van der Waals surface area (Å²) in [4.78, 5) is 11.3. The van der Waals surface area contributed by atoms with Crippen molar-refractivity contribution in [1.29, 1.82) is 0 Å². The largest absolute Gasteiger partial charge is 0.394 e. The maximum Gasteiger partial charge on any atom is 0.221 e. The molecule has 1 saturated heterocycles. The normalized spacial score (nSPS) is 34.8. The molecule has 16 heavy (non-hydrogen) atoms. The summed E-state index contributed by atoms with van der Waals surface area (Å²) in [5.41, 5.74) is 0. The lowest BCUT2D eigenvalue weighted by molar-refractivity contribution is -0.164. The van der Waals surface area contributed by atoms with E-state index in [4.69, 9.17) is 9.84 Å². The highest BCUT2D eigenvalue weighted by Gasteiger charge is 2.38. The summed E-state index contributed by atoms with van der Waals surface area (Å²) in [6.45, 7) is -0.294. The molecule has 1 rings (SSSR count). The summed E-state index contributed by atoms with van der Waals surface area (Å²) in [6.07, 6.45) is -2.88. The molecule has 0 spiro atoms. The molecule has 1 aliphatic heterocycles. The van der Waals surface area contributed by atoms with Crippen molar-refractivity contribution < 1.29 is 24.9 Å². The van der Waals surface area contributed by atoms with Gasteiger partial charge in [-0.25, -0.2) is 0 Å². The van der Waals surface area contributed by atoms with Gasteiger partial charge in [-0.05, 0) is 5.75 Å². The van der Waals surface area contributed by atoms with Gasteiger partial charge in [0.05, 0.1) is 19.3 Å². The van der Waals surface area contributed by atoms with Gasteiger partial charge in [-0.15, -0.1) is 0 Å². The van der Waals surface area contributed by atoms with Gasteiger partial charge in [-0.1, -0.05) is 0 Å². The molecule has 4 N–H and O–H groups in total. The van der Waals surface area contributed by atoms with E-state index in [0.717, 1.165) is 0 Å². The second-order valence-electron chi connectivity index (χ2n) is 3.68. The van der Waals surface area contributed by atoms with Gasteiger partial charge in [0.1, 0.15) is 18.3 Å². The van der Waals surface area contributed by atoms with Gasteiger partial charge in [0.15, 0.2) is 0 Å². The third-order valence-corrected chi connectivity index (χ3v) is 2.72. The fraction of sp³-hybridized carbons (Fsp3) is 0.889. The molecule has 0 aromatic heterocycles. The van der Waals surface area contributed by atoms with E-state index in [1.54, 1.807) is 0 Å². The summed E-state index contributed by atoms with van der Waals surface area (Å²) >= 11 is 3.91. The molecule has 1 heterocycles. The summed E-state index contributed by atoms with van der Waals surface area (Å²) in [5, 5.41) is 30.6. The predicted molar refractivity (Wildman–Crippen MR) is 59.2 cm³/mol. The average molecular weight is 251 g/mol. The standard InChI is InChI=1S/C9H17NO5S/c11-3-6-9(14)8(13)5(4-15-6)10-7(12)1-2-16/h5-6,8-9,11,13-14,16H,1-4H2,(H,10,12)/t5?,6?,8?,9-/m0/s1. The second kappa shape index (κ2) is 6.41. The quantitative estimate of drug-likeness (QED) is 0.369. The smallest absolute Gasteiger partial charge is 0.221 e. The summed E-state index contributed by atoms with van der Waals surface area (Å²) in [7, 11) is 0. The van der Waals surface area contributed by atoms with Crippen LogP contribution in [0.4, 0.5) is 0 Å². The molecule has 6 nitrogen and oxygen atoms in total. The average Bonchev–Trinajstić information content (AvgIpc) is 2.25. The number of hydrogen-bond donors (Lipinski definition) is 5. The number of thiol groups is 1. The minimum atomic E-state index is -1.19. The molecule has 1 aliphatic rings. The van der Waals surface area contributed by atoms with Crippen molar-refractivity contribution in [2.24, 2.45) is 0 Å². The SMILES string of the molecule is O=C(CCS)NC1COC(CO)[C@H](O)C1O. The zero-order valence-corrected chi connectivity index (χ0v) is 9.64. The van der Waals surface area contributed by atoms with Crippen LogP contribution in [0.5, 0.6) is 0 Å². The van der Waals surface area contributed by atoms with E-state index in [-0.39, 0.29) is 25.5 Å². The summed E-state index contributed by atoms with van der Waals surface area (Å²) < 4.78 is 5.11. The Morgan fingerprint density at radius 2 is 2.12 bits per heavy atom. The molecular weight excluding hydrogens is 234 g/mol. The molecule has 0 aromatic rings. The van der Waals surface area contributed by atoms with Crippen molar-refractivity contribution in [3.63, 3.8) is 0 Å². The van der Waals surface area contributed by atoms with E-state index < -0.39 is 24.4 Å². The van der Waals surface area contributed by atoms with Gasteiger partial charge in [0.2, 0.25) is 5.91 Å². The fourth-order valence-electron chi connectivity index (χ4n) is 1.55. The van der Waals surface area contributed by atoms with Crippen LogP contribution in [0.15, 0.2) is 0 Å². The predicted octanol–water partition coefficient (Wildman–Crippen LogP) is -2.10. The molecular formula is C9H17NO5S. The topological polar surface area (TPSA) is 99.0 Å². The van der Waals surface area contributed by atoms with Crippen LogP contribution in [-0.2, 0) is 9.53 Å². The monoisotopic (exact) mass is 251 g/mol. The van der Waals surface area contributed by atoms with Gasteiger partial charge in [-0.3, -0.25) is 4.79 Å². The minimum Gasteiger partial charge on any atom is -0.394 e. The Labute approximate surface area is 99.0 Å². The molecule has 0 radical (unpaired) electrons. The lowest BCUT2D eigenvalue weighted by Gasteiger charge is -2.37. The van der Waals surface area contributed by atoms with Gasteiger partial charge in [0.25, 0.3) is 0 Å². The number of amides is 1. The number of aliphatic hydroxyl groups excluding tert-OH is 3. The minimum absolute atomic E-state index is 0.0712. The Bertz CT molecular complexity index is 240. The molecule has 0 saturated carbocycles. The van der Waals surface area contributed by atoms with Crippen molar-refractivity contribution in [2.75, 3.05) is 19.0 Å². The molecule has 1 fully saturated rings. The number of rotatable bonds is 4. The van der Waals surface area contributed by atoms with Crippen LogP contribution in [0.3, 0.4) is 0 Å². The van der Waals surface area contributed by atoms with E-state index in [1.807, 2.05) is 0 Å². The molecule has 4 atom stereocenters. The van der Waals surface area contributed by atoms with E-state index in [1.165, 1.54) is 0 Å². The number of hydrogen-bond acceptors (Lipinski definition) is 6. The number of aliphatic hydroxyl groups is 3. The van der Waals surface area contributed by atoms with Crippen LogP contribution >= 0.6 is 12.6 Å². The van der Waals surface area contributed by atoms with Crippen molar-refractivity contribution >= 4 is 18.5 Å². The Kier molecular flexibility index (Phi) is 5.50. The van der Waals surface area contributed by atoms with Gasteiger partial charge in [-0.2, -0.15) is 12.6 Å². The maximum atomic E-state index is 11.3. The van der Waals surface area contributed by atoms with Crippen LogP contribution in [-0.4, -0.2) is 64.5 Å². The maximum absolute atomic E-state index is 11.3. The Morgan fingerprint density at radius 1 is 1.44 bits per heavy atom. The van der Waals surface area contributed by atoms with Crippen LogP contribution in [0, 0.1) is 0 Å². The van der Waals surface area contributed by atoms with Crippen LogP contribution < -0.4 is 5.32 Å². The van der Waals surface area contributed by atoms with Crippen LogP contribution in [0.2, 0.25) is 0 Å². The first-order valence-electron chi connectivity index (χ1n) is 5.09. The number of nitrogens with one attached hydrogen (secondary N) is 1. The first-order valence-corrected chi connectivity index (χ1v) is 5.72. The molecule has 0 aromatic carbocycles. The lowest BCUT2D eigenvalue weighted by atomic mass is 9.98. The highest BCUT2D eigenvalue weighted by atomic mass is 32.1. The molecule has 7 heteroatoms. The third-order valence-electron chi connectivity index (χ3n) is 2.50. The highest BCUT2D eigenvalue weighted by molar-refractivity contribution is 7.80. The van der Waals surface area contributed by atoms with Gasteiger partial charge in [0, 0.05) is 6.42 Å². The van der Waals surface area contributed by atoms with Crippen LogP contribution in [0.1, 0.15) is 6.42 Å². The van der Waals surface area contributed by atoms with Crippen molar-refractivity contribution in [3.8, 4) is 0 Å². The summed E-state index contributed by atoms with van der Waals surface area (Å²) in [5.74, 6) is 0.162. The zero-order valence-electron chi connectivity index (χ0n) is 8.74. The number of ether oxygens (including phenoxy) is 1. The summed E-state index contributed by atoms with van der Waals surface area (Å²) in [6, 6.07) is -0.648. The van der Waals surface area contributed by atoms with E-state index >= 15 is 0 Å². The Hall–Kier alpha value is -0.340. The first kappa shape index (κ1) is 13.7. The molecule has 3 unspecified atom stereocenters. The fourth-order valence-corrected chi connectivity index (χ4v) is 1.75. The van der Waals surface area contributed by atoms with Gasteiger partial charge < -0.3 is 25.4 Å². The molecule has 94 valence electrons. The van der Waals surface area contributed by atoms with Crippen molar-refractivity contribution in [2.45, 2.75) is 30.8 Å². The zero-order chi connectivity index (χ0) is 12.1.